The highest BCUT2D eigenvalue weighted by Crippen LogP contribution is 2.21. The van der Waals surface area contributed by atoms with E-state index in [-0.39, 0.29) is 0 Å². The van der Waals surface area contributed by atoms with Crippen LogP contribution in [-0.2, 0) is 6.42 Å². The van der Waals surface area contributed by atoms with Gasteiger partial charge in [0.2, 0.25) is 0 Å². The van der Waals surface area contributed by atoms with E-state index in [1.807, 2.05) is 24.4 Å². The van der Waals surface area contributed by atoms with Crippen LogP contribution in [0.25, 0.3) is 10.8 Å². The van der Waals surface area contributed by atoms with E-state index in [4.69, 9.17) is 4.74 Å². The van der Waals surface area contributed by atoms with E-state index in [1.165, 1.54) is 16.3 Å². The SMILES string of the molecule is COc1cccc(Cc2nccc3ccccc23)c1. The van der Waals surface area contributed by atoms with Gasteiger partial charge in [0.25, 0.3) is 0 Å². The van der Waals surface area contributed by atoms with E-state index < -0.39 is 0 Å². The minimum Gasteiger partial charge on any atom is -0.497 e. The van der Waals surface area contributed by atoms with Gasteiger partial charge in [-0.25, -0.2) is 0 Å². The molecule has 0 N–H and O–H groups in total. The Morgan fingerprint density at radius 1 is 1.00 bits per heavy atom. The van der Waals surface area contributed by atoms with Gasteiger partial charge >= 0.3 is 0 Å². The van der Waals surface area contributed by atoms with Gasteiger partial charge in [0.1, 0.15) is 5.75 Å². The summed E-state index contributed by atoms with van der Waals surface area (Å²) in [5.41, 5.74) is 2.31. The lowest BCUT2D eigenvalue weighted by Gasteiger charge is -2.07. The first kappa shape index (κ1) is 11.7. The average molecular weight is 249 g/mol. The maximum Gasteiger partial charge on any atom is 0.119 e. The zero-order chi connectivity index (χ0) is 13.1. The third kappa shape index (κ3) is 2.43. The van der Waals surface area contributed by atoms with Crippen LogP contribution in [0.2, 0.25) is 0 Å². The molecule has 0 aliphatic carbocycles. The van der Waals surface area contributed by atoms with Crippen LogP contribution in [-0.4, -0.2) is 12.1 Å². The van der Waals surface area contributed by atoms with Crippen molar-refractivity contribution in [1.82, 2.24) is 4.98 Å². The van der Waals surface area contributed by atoms with Crippen LogP contribution >= 0.6 is 0 Å². The summed E-state index contributed by atoms with van der Waals surface area (Å²) in [4.78, 5) is 4.52. The Kier molecular flexibility index (Phi) is 3.15. The van der Waals surface area contributed by atoms with E-state index in [0.717, 1.165) is 17.9 Å². The molecular formula is C17H15NO. The molecule has 0 bridgehead atoms. The number of hydrogen-bond acceptors (Lipinski definition) is 2. The third-order valence-electron chi connectivity index (χ3n) is 3.26. The fourth-order valence-electron chi connectivity index (χ4n) is 2.30. The van der Waals surface area contributed by atoms with Gasteiger partial charge in [0.05, 0.1) is 12.8 Å². The summed E-state index contributed by atoms with van der Waals surface area (Å²) >= 11 is 0. The van der Waals surface area contributed by atoms with Crippen LogP contribution in [0.5, 0.6) is 5.75 Å². The molecule has 0 amide bonds. The maximum atomic E-state index is 5.26. The largest absolute Gasteiger partial charge is 0.497 e. The van der Waals surface area contributed by atoms with Crippen molar-refractivity contribution in [2.24, 2.45) is 0 Å². The molecule has 3 rings (SSSR count). The third-order valence-corrected chi connectivity index (χ3v) is 3.26. The minimum atomic E-state index is 0.818. The van der Waals surface area contributed by atoms with E-state index in [0.29, 0.717) is 0 Å². The molecule has 94 valence electrons. The van der Waals surface area contributed by atoms with Gasteiger partial charge in [-0.2, -0.15) is 0 Å². The number of fused-ring (bicyclic) bond motifs is 1. The van der Waals surface area contributed by atoms with Crippen molar-refractivity contribution < 1.29 is 4.74 Å². The van der Waals surface area contributed by atoms with Crippen molar-refractivity contribution in [1.29, 1.82) is 0 Å². The lowest BCUT2D eigenvalue weighted by Crippen LogP contribution is -1.94. The molecule has 0 fully saturated rings. The van der Waals surface area contributed by atoms with Gasteiger partial charge in [-0.15, -0.1) is 0 Å². The molecule has 0 radical (unpaired) electrons. The van der Waals surface area contributed by atoms with E-state index in [2.05, 4.69) is 41.4 Å². The van der Waals surface area contributed by atoms with Crippen molar-refractivity contribution in [2.45, 2.75) is 6.42 Å². The number of aromatic nitrogens is 1. The van der Waals surface area contributed by atoms with Gasteiger partial charge in [-0.05, 0) is 29.1 Å². The molecule has 19 heavy (non-hydrogen) atoms. The van der Waals surface area contributed by atoms with E-state index >= 15 is 0 Å². The van der Waals surface area contributed by atoms with Crippen LogP contribution in [0.3, 0.4) is 0 Å². The first-order valence-corrected chi connectivity index (χ1v) is 6.32. The molecule has 0 saturated heterocycles. The predicted molar refractivity (Wildman–Crippen MR) is 77.5 cm³/mol. The molecule has 3 aromatic rings. The van der Waals surface area contributed by atoms with Gasteiger partial charge in [-0.1, -0.05) is 36.4 Å². The molecule has 0 spiro atoms. The summed E-state index contributed by atoms with van der Waals surface area (Å²) in [6.45, 7) is 0. The van der Waals surface area contributed by atoms with Crippen molar-refractivity contribution in [3.8, 4) is 5.75 Å². The van der Waals surface area contributed by atoms with E-state index in [9.17, 15) is 0 Å². The second-order valence-electron chi connectivity index (χ2n) is 4.51. The van der Waals surface area contributed by atoms with Gasteiger partial charge in [0, 0.05) is 18.0 Å². The Bertz CT molecular complexity index is 701. The van der Waals surface area contributed by atoms with Crippen LogP contribution in [0.15, 0.2) is 60.8 Å². The Labute approximate surface area is 112 Å². The van der Waals surface area contributed by atoms with E-state index in [1.54, 1.807) is 7.11 Å². The summed E-state index contributed by atoms with van der Waals surface area (Å²) in [6, 6.07) is 18.5. The Balaban J connectivity index is 2.01. The fourth-order valence-corrected chi connectivity index (χ4v) is 2.30. The van der Waals surface area contributed by atoms with Crippen LogP contribution in [0.4, 0.5) is 0 Å². The highest BCUT2D eigenvalue weighted by molar-refractivity contribution is 5.84. The number of benzene rings is 2. The van der Waals surface area contributed by atoms with Crippen molar-refractivity contribution >= 4 is 10.8 Å². The lowest BCUT2D eigenvalue weighted by atomic mass is 10.0. The first-order chi connectivity index (χ1) is 9.36. The zero-order valence-electron chi connectivity index (χ0n) is 10.8. The molecule has 2 nitrogen and oxygen atoms in total. The summed E-state index contributed by atoms with van der Waals surface area (Å²) in [5, 5.41) is 2.45. The lowest BCUT2D eigenvalue weighted by molar-refractivity contribution is 0.414. The minimum absolute atomic E-state index is 0.818. The van der Waals surface area contributed by atoms with Crippen LogP contribution < -0.4 is 4.74 Å². The summed E-state index contributed by atoms with van der Waals surface area (Å²) < 4.78 is 5.26. The highest BCUT2D eigenvalue weighted by atomic mass is 16.5. The predicted octanol–water partition coefficient (Wildman–Crippen LogP) is 3.83. The van der Waals surface area contributed by atoms with Crippen molar-refractivity contribution in [3.05, 3.63) is 72.1 Å². The standard InChI is InChI=1S/C17H15NO/c1-19-15-7-4-5-13(11-15)12-17-16-8-3-2-6-14(16)9-10-18-17/h2-11H,12H2,1H3. The number of ether oxygens (including phenoxy) is 1. The van der Waals surface area contributed by atoms with Crippen LogP contribution in [0.1, 0.15) is 11.3 Å². The molecule has 0 saturated carbocycles. The molecule has 0 atom stereocenters. The number of methoxy groups -OCH3 is 1. The molecule has 0 unspecified atom stereocenters. The number of hydrogen-bond donors (Lipinski definition) is 0. The highest BCUT2D eigenvalue weighted by Gasteiger charge is 2.04. The number of rotatable bonds is 3. The maximum absolute atomic E-state index is 5.26. The Hall–Kier alpha value is -2.35. The smallest absolute Gasteiger partial charge is 0.119 e. The molecule has 0 aliphatic heterocycles. The summed E-state index contributed by atoms with van der Waals surface area (Å²) in [7, 11) is 1.69. The zero-order valence-corrected chi connectivity index (χ0v) is 10.8. The van der Waals surface area contributed by atoms with Crippen LogP contribution in [0, 0.1) is 0 Å². The molecule has 2 aromatic carbocycles. The topological polar surface area (TPSA) is 22.1 Å². The quantitative estimate of drug-likeness (QED) is 0.703. The number of nitrogens with zero attached hydrogens (tertiary/aromatic N) is 1. The van der Waals surface area contributed by atoms with Gasteiger partial charge in [0.15, 0.2) is 0 Å². The van der Waals surface area contributed by atoms with Crippen molar-refractivity contribution in [2.75, 3.05) is 7.11 Å². The number of pyridine rings is 1. The molecular weight excluding hydrogens is 234 g/mol. The van der Waals surface area contributed by atoms with Gasteiger partial charge in [-0.3, -0.25) is 4.98 Å². The monoisotopic (exact) mass is 249 g/mol. The van der Waals surface area contributed by atoms with Crippen molar-refractivity contribution in [3.63, 3.8) is 0 Å². The second-order valence-corrected chi connectivity index (χ2v) is 4.51. The molecule has 1 heterocycles. The van der Waals surface area contributed by atoms with Gasteiger partial charge < -0.3 is 4.74 Å². The average Bonchev–Trinajstić information content (AvgIpc) is 2.48. The first-order valence-electron chi connectivity index (χ1n) is 6.32. The second kappa shape index (κ2) is 5.11. The summed E-state index contributed by atoms with van der Waals surface area (Å²) in [5.74, 6) is 0.887. The fraction of sp³-hybridized carbons (Fsp3) is 0.118. The molecule has 1 aromatic heterocycles. The normalized spacial score (nSPS) is 10.6. The Morgan fingerprint density at radius 3 is 2.79 bits per heavy atom. The molecule has 2 heteroatoms. The summed E-state index contributed by atoms with van der Waals surface area (Å²) in [6.07, 6.45) is 2.69. The Morgan fingerprint density at radius 2 is 1.89 bits per heavy atom. The molecule has 0 aliphatic rings.